The van der Waals surface area contributed by atoms with Crippen molar-refractivity contribution in [1.29, 1.82) is 0 Å². The molecule has 1 saturated carbocycles. The van der Waals surface area contributed by atoms with Crippen molar-refractivity contribution < 1.29 is 18.0 Å². The molecule has 2 aliphatic rings. The van der Waals surface area contributed by atoms with Crippen LogP contribution < -0.4 is 10.0 Å². The summed E-state index contributed by atoms with van der Waals surface area (Å²) < 4.78 is 26.9. The minimum absolute atomic E-state index is 0.157. The Bertz CT molecular complexity index is 556. The molecule has 2 fully saturated rings. The van der Waals surface area contributed by atoms with Crippen LogP contribution >= 0.6 is 0 Å². The van der Waals surface area contributed by atoms with Crippen LogP contribution in [-0.2, 0) is 19.8 Å². The van der Waals surface area contributed by atoms with Gasteiger partial charge in [-0.1, -0.05) is 46.0 Å². The van der Waals surface area contributed by atoms with Crippen molar-refractivity contribution >= 4 is 22.0 Å². The van der Waals surface area contributed by atoms with Crippen LogP contribution in [0.25, 0.3) is 0 Å². The van der Waals surface area contributed by atoms with E-state index < -0.39 is 34.6 Å². The fourth-order valence-corrected chi connectivity index (χ4v) is 4.87. The summed E-state index contributed by atoms with van der Waals surface area (Å²) in [5.74, 6) is -0.382. The highest BCUT2D eigenvalue weighted by molar-refractivity contribution is 7.88. The van der Waals surface area contributed by atoms with Gasteiger partial charge in [-0.15, -0.1) is 0 Å². The van der Waals surface area contributed by atoms with E-state index in [2.05, 4.69) is 10.0 Å². The summed E-state index contributed by atoms with van der Waals surface area (Å²) in [5.41, 5.74) is 0. The van der Waals surface area contributed by atoms with E-state index in [4.69, 9.17) is 0 Å². The van der Waals surface area contributed by atoms with Crippen LogP contribution in [0.3, 0.4) is 0 Å². The second kappa shape index (κ2) is 8.29. The summed E-state index contributed by atoms with van der Waals surface area (Å²) in [4.78, 5) is 24.1. The van der Waals surface area contributed by atoms with Gasteiger partial charge >= 0.3 is 10.2 Å². The molecule has 0 aromatic rings. The van der Waals surface area contributed by atoms with Crippen LogP contribution in [0.1, 0.15) is 58.8 Å². The number of hydrogen-bond acceptors (Lipinski definition) is 4. The predicted molar refractivity (Wildman–Crippen MR) is 91.2 cm³/mol. The lowest BCUT2D eigenvalue weighted by Gasteiger charge is -2.21. The maximum absolute atomic E-state index is 12.1. The van der Waals surface area contributed by atoms with Crippen molar-refractivity contribution in [1.82, 2.24) is 14.3 Å². The fourth-order valence-electron chi connectivity index (χ4n) is 3.41. The Morgan fingerprint density at radius 1 is 1.29 bits per heavy atom. The van der Waals surface area contributed by atoms with Crippen LogP contribution in [0.2, 0.25) is 0 Å². The molecule has 1 aliphatic heterocycles. The zero-order chi connectivity index (χ0) is 17.7. The van der Waals surface area contributed by atoms with Gasteiger partial charge in [-0.2, -0.15) is 13.1 Å². The molecule has 0 radical (unpaired) electrons. The van der Waals surface area contributed by atoms with Crippen molar-refractivity contribution in [3.63, 3.8) is 0 Å². The number of carbonyl (C=O) groups is 2. The molecule has 2 amide bonds. The van der Waals surface area contributed by atoms with E-state index in [1.165, 1.54) is 32.1 Å². The van der Waals surface area contributed by atoms with Crippen molar-refractivity contribution in [2.75, 3.05) is 13.1 Å². The third kappa shape index (κ3) is 4.92. The molecule has 1 atom stereocenters. The average molecular weight is 359 g/mol. The van der Waals surface area contributed by atoms with Gasteiger partial charge in [0.25, 0.3) is 5.91 Å². The Morgan fingerprint density at radius 2 is 1.96 bits per heavy atom. The third-order valence-corrected chi connectivity index (χ3v) is 6.31. The largest absolute Gasteiger partial charge is 0.355 e. The van der Waals surface area contributed by atoms with Crippen molar-refractivity contribution in [2.45, 2.75) is 64.8 Å². The molecule has 1 heterocycles. The number of rotatable bonds is 7. The molecular formula is C16H29N3O4S. The highest BCUT2D eigenvalue weighted by atomic mass is 32.2. The summed E-state index contributed by atoms with van der Waals surface area (Å²) in [6.45, 7) is 3.61. The number of carbonyl (C=O) groups excluding carboxylic acids is 2. The average Bonchev–Trinajstić information content (AvgIpc) is 2.76. The Balaban J connectivity index is 1.74. The highest BCUT2D eigenvalue weighted by Gasteiger charge is 2.44. The van der Waals surface area contributed by atoms with E-state index in [1.54, 1.807) is 13.8 Å². The third-order valence-electron chi connectivity index (χ3n) is 4.87. The minimum Gasteiger partial charge on any atom is -0.355 e. The van der Waals surface area contributed by atoms with Gasteiger partial charge in [-0.3, -0.25) is 9.59 Å². The Hall–Kier alpha value is -1.15. The molecule has 8 heteroatoms. The van der Waals surface area contributed by atoms with Crippen molar-refractivity contribution in [3.05, 3.63) is 0 Å². The zero-order valence-electron chi connectivity index (χ0n) is 14.6. The molecule has 24 heavy (non-hydrogen) atoms. The van der Waals surface area contributed by atoms with E-state index in [9.17, 15) is 18.0 Å². The van der Waals surface area contributed by atoms with Crippen LogP contribution in [0.15, 0.2) is 0 Å². The molecule has 0 unspecified atom stereocenters. The van der Waals surface area contributed by atoms with Crippen molar-refractivity contribution in [3.8, 4) is 0 Å². The lowest BCUT2D eigenvalue weighted by molar-refractivity contribution is -0.131. The summed E-state index contributed by atoms with van der Waals surface area (Å²) in [7, 11) is -3.90. The van der Waals surface area contributed by atoms with Gasteiger partial charge in [-0.25, -0.2) is 4.31 Å². The van der Waals surface area contributed by atoms with Gasteiger partial charge < -0.3 is 5.32 Å². The number of hydrogen-bond donors (Lipinski definition) is 2. The fraction of sp³-hybridized carbons (Fsp3) is 0.875. The highest BCUT2D eigenvalue weighted by Crippen LogP contribution is 2.27. The minimum atomic E-state index is -3.90. The first-order valence-electron chi connectivity index (χ1n) is 8.92. The Kier molecular flexibility index (Phi) is 6.62. The van der Waals surface area contributed by atoms with Crippen LogP contribution in [0.4, 0.5) is 0 Å². The summed E-state index contributed by atoms with van der Waals surface area (Å²) in [6.07, 6.45) is 8.47. The zero-order valence-corrected chi connectivity index (χ0v) is 15.4. The van der Waals surface area contributed by atoms with Crippen LogP contribution in [0, 0.1) is 11.8 Å². The summed E-state index contributed by atoms with van der Waals surface area (Å²) in [6, 6.07) is -0.783. The van der Waals surface area contributed by atoms with Crippen molar-refractivity contribution in [2.24, 2.45) is 11.8 Å². The number of nitrogens with one attached hydrogen (secondary N) is 2. The predicted octanol–water partition coefficient (Wildman–Crippen LogP) is 1.16. The molecule has 7 nitrogen and oxygen atoms in total. The standard InChI is InChI=1S/C16H29N3O4S/c1-12(2)15-16(21)19(24(22,23)18-15)11-14(20)17-10-6-9-13-7-4-3-5-8-13/h12-13,15,18H,3-11H2,1-2H3,(H,17,20)/t15-/m1/s1. The van der Waals surface area contributed by atoms with Gasteiger partial charge in [0.2, 0.25) is 5.91 Å². The number of nitrogens with zero attached hydrogens (tertiary/aromatic N) is 1. The monoisotopic (exact) mass is 359 g/mol. The maximum Gasteiger partial charge on any atom is 0.305 e. The molecule has 2 rings (SSSR count). The van der Waals surface area contributed by atoms with Crippen LogP contribution in [0.5, 0.6) is 0 Å². The first-order chi connectivity index (χ1) is 11.3. The molecule has 0 bridgehead atoms. The quantitative estimate of drug-likeness (QED) is 0.667. The van der Waals surface area contributed by atoms with E-state index >= 15 is 0 Å². The first kappa shape index (κ1) is 19.2. The van der Waals surface area contributed by atoms with Gasteiger partial charge in [-0.05, 0) is 24.7 Å². The molecule has 0 spiro atoms. The van der Waals surface area contributed by atoms with Gasteiger partial charge in [0, 0.05) is 6.54 Å². The Morgan fingerprint density at radius 3 is 2.54 bits per heavy atom. The molecule has 0 aromatic carbocycles. The normalized spacial score (nSPS) is 24.5. The molecule has 138 valence electrons. The van der Waals surface area contributed by atoms with Gasteiger partial charge in [0.1, 0.15) is 12.6 Å². The van der Waals surface area contributed by atoms with Crippen LogP contribution in [-0.4, -0.2) is 43.7 Å². The van der Waals surface area contributed by atoms with Gasteiger partial charge in [0.15, 0.2) is 0 Å². The Labute approximate surface area is 144 Å². The van der Waals surface area contributed by atoms with Gasteiger partial charge in [0.05, 0.1) is 0 Å². The summed E-state index contributed by atoms with van der Waals surface area (Å²) >= 11 is 0. The lowest BCUT2D eigenvalue weighted by Crippen LogP contribution is -2.42. The van der Waals surface area contributed by atoms with E-state index in [0.717, 1.165) is 18.8 Å². The SMILES string of the molecule is CC(C)[C@H]1NS(=O)(=O)N(CC(=O)NCCCC2CCCCC2)C1=O. The van der Waals surface area contributed by atoms with E-state index in [0.29, 0.717) is 10.8 Å². The van der Waals surface area contributed by atoms with E-state index in [-0.39, 0.29) is 5.92 Å². The van der Waals surface area contributed by atoms with E-state index in [1.807, 2.05) is 0 Å². The number of amides is 2. The first-order valence-corrected chi connectivity index (χ1v) is 10.4. The topological polar surface area (TPSA) is 95.6 Å². The summed E-state index contributed by atoms with van der Waals surface area (Å²) in [5, 5.41) is 2.73. The molecule has 2 N–H and O–H groups in total. The second-order valence-corrected chi connectivity index (χ2v) is 8.81. The lowest BCUT2D eigenvalue weighted by atomic mass is 9.86. The second-order valence-electron chi connectivity index (χ2n) is 7.19. The maximum atomic E-state index is 12.1. The smallest absolute Gasteiger partial charge is 0.305 e. The molecular weight excluding hydrogens is 330 g/mol. The molecule has 1 aliphatic carbocycles. The molecule has 1 saturated heterocycles. The molecule has 0 aromatic heterocycles.